The molecule has 1 amide bonds. The van der Waals surface area contributed by atoms with Gasteiger partial charge in [-0.2, -0.15) is 0 Å². The van der Waals surface area contributed by atoms with Gasteiger partial charge < -0.3 is 9.64 Å². The fourth-order valence-electron chi connectivity index (χ4n) is 2.63. The zero-order valence-corrected chi connectivity index (χ0v) is 15.5. The molecule has 0 unspecified atom stereocenters. The molecule has 0 aromatic heterocycles. The summed E-state index contributed by atoms with van der Waals surface area (Å²) in [5, 5.41) is 0. The number of ketones is 1. The predicted octanol–water partition coefficient (Wildman–Crippen LogP) is 3.99. The molecule has 0 saturated carbocycles. The lowest BCUT2D eigenvalue weighted by molar-refractivity contribution is -0.114. The van der Waals surface area contributed by atoms with Crippen LogP contribution in [0.1, 0.15) is 15.9 Å². The van der Waals surface area contributed by atoms with E-state index >= 15 is 0 Å². The van der Waals surface area contributed by atoms with E-state index < -0.39 is 11.7 Å². The maximum atomic E-state index is 12.3. The molecule has 3 rings (SSSR count). The number of amides is 1. The van der Waals surface area contributed by atoms with Gasteiger partial charge >= 0.3 is 0 Å². The molecule has 2 aromatic carbocycles. The van der Waals surface area contributed by atoms with Crippen LogP contribution in [0.3, 0.4) is 0 Å². The SMILES string of the molecule is COc1cccc(CCN2C(=O)C(=O)c3cc(Br)cc(Br)c32)c1. The summed E-state index contributed by atoms with van der Waals surface area (Å²) in [4.78, 5) is 26.0. The van der Waals surface area contributed by atoms with Crippen LogP contribution in [-0.4, -0.2) is 25.3 Å². The van der Waals surface area contributed by atoms with E-state index in [1.54, 1.807) is 13.2 Å². The third-order valence-corrected chi connectivity index (χ3v) is 4.80. The van der Waals surface area contributed by atoms with Crippen molar-refractivity contribution in [3.8, 4) is 5.75 Å². The highest BCUT2D eigenvalue weighted by Crippen LogP contribution is 2.38. The number of hydrogen-bond donors (Lipinski definition) is 0. The molecule has 0 spiro atoms. The van der Waals surface area contributed by atoms with Crippen LogP contribution < -0.4 is 9.64 Å². The van der Waals surface area contributed by atoms with Crippen LogP contribution in [0.4, 0.5) is 5.69 Å². The van der Waals surface area contributed by atoms with Crippen molar-refractivity contribution >= 4 is 49.2 Å². The van der Waals surface area contributed by atoms with Gasteiger partial charge in [0, 0.05) is 15.5 Å². The van der Waals surface area contributed by atoms with Crippen molar-refractivity contribution in [3.05, 3.63) is 56.5 Å². The van der Waals surface area contributed by atoms with Gasteiger partial charge in [0.1, 0.15) is 5.75 Å². The van der Waals surface area contributed by atoms with E-state index in [9.17, 15) is 9.59 Å². The predicted molar refractivity (Wildman–Crippen MR) is 95.2 cm³/mol. The van der Waals surface area contributed by atoms with E-state index in [2.05, 4.69) is 31.9 Å². The van der Waals surface area contributed by atoms with Crippen LogP contribution in [0.5, 0.6) is 5.75 Å². The average Bonchev–Trinajstić information content (AvgIpc) is 2.78. The van der Waals surface area contributed by atoms with Crippen molar-refractivity contribution in [3.63, 3.8) is 0 Å². The molecule has 1 heterocycles. The second-order valence-electron chi connectivity index (χ2n) is 5.17. The van der Waals surface area contributed by atoms with Crippen molar-refractivity contribution in [2.75, 3.05) is 18.6 Å². The van der Waals surface area contributed by atoms with Gasteiger partial charge in [0.2, 0.25) is 0 Å². The molecular weight excluding hydrogens is 426 g/mol. The molecule has 0 N–H and O–H groups in total. The third-order valence-electron chi connectivity index (χ3n) is 3.74. The lowest BCUT2D eigenvalue weighted by atomic mass is 10.1. The standard InChI is InChI=1S/C17H13Br2NO3/c1-23-12-4-2-3-10(7-12)5-6-20-15-13(16(21)17(20)22)8-11(18)9-14(15)19/h2-4,7-9H,5-6H2,1H3. The van der Waals surface area contributed by atoms with Crippen LogP contribution in [0.25, 0.3) is 0 Å². The van der Waals surface area contributed by atoms with Gasteiger partial charge in [-0.25, -0.2) is 0 Å². The molecular formula is C17H13Br2NO3. The van der Waals surface area contributed by atoms with E-state index in [1.165, 1.54) is 4.90 Å². The first-order valence-corrected chi connectivity index (χ1v) is 8.58. The van der Waals surface area contributed by atoms with E-state index in [4.69, 9.17) is 4.74 Å². The molecule has 0 radical (unpaired) electrons. The fourth-order valence-corrected chi connectivity index (χ4v) is 4.07. The normalized spacial score (nSPS) is 13.4. The largest absolute Gasteiger partial charge is 0.497 e. The number of rotatable bonds is 4. The highest BCUT2D eigenvalue weighted by Gasteiger charge is 2.37. The quantitative estimate of drug-likeness (QED) is 0.678. The van der Waals surface area contributed by atoms with E-state index in [0.29, 0.717) is 24.2 Å². The minimum absolute atomic E-state index is 0.432. The molecule has 4 nitrogen and oxygen atoms in total. The summed E-state index contributed by atoms with van der Waals surface area (Å²) in [5.41, 5.74) is 2.12. The molecule has 23 heavy (non-hydrogen) atoms. The minimum atomic E-state index is -0.485. The molecule has 0 aliphatic carbocycles. The lowest BCUT2D eigenvalue weighted by Crippen LogP contribution is -2.31. The van der Waals surface area contributed by atoms with E-state index in [-0.39, 0.29) is 0 Å². The molecule has 0 saturated heterocycles. The highest BCUT2D eigenvalue weighted by atomic mass is 79.9. The summed E-state index contributed by atoms with van der Waals surface area (Å²) >= 11 is 6.80. The zero-order valence-electron chi connectivity index (χ0n) is 12.3. The smallest absolute Gasteiger partial charge is 0.299 e. The van der Waals surface area contributed by atoms with Crippen LogP contribution in [0, 0.1) is 0 Å². The first kappa shape index (κ1) is 16.2. The third kappa shape index (κ3) is 3.05. The summed E-state index contributed by atoms with van der Waals surface area (Å²) < 4.78 is 6.70. The van der Waals surface area contributed by atoms with Crippen LogP contribution in [0.2, 0.25) is 0 Å². The van der Waals surface area contributed by atoms with Gasteiger partial charge in [-0.05, 0) is 52.2 Å². The number of methoxy groups -OCH3 is 1. The maximum Gasteiger partial charge on any atom is 0.299 e. The van der Waals surface area contributed by atoms with Gasteiger partial charge in [0.25, 0.3) is 11.7 Å². The molecule has 6 heteroatoms. The maximum absolute atomic E-state index is 12.3. The van der Waals surface area contributed by atoms with Crippen molar-refractivity contribution in [2.45, 2.75) is 6.42 Å². The topological polar surface area (TPSA) is 46.6 Å². The highest BCUT2D eigenvalue weighted by molar-refractivity contribution is 9.11. The number of ether oxygens (including phenoxy) is 1. The second kappa shape index (κ2) is 6.45. The zero-order chi connectivity index (χ0) is 16.6. The summed E-state index contributed by atoms with van der Waals surface area (Å²) in [6.45, 7) is 0.435. The van der Waals surface area contributed by atoms with Gasteiger partial charge in [-0.3, -0.25) is 9.59 Å². The first-order chi connectivity index (χ1) is 11.0. The van der Waals surface area contributed by atoms with Gasteiger partial charge in [0.15, 0.2) is 0 Å². The number of Topliss-reactive ketones (excluding diaryl/α,β-unsaturated/α-hetero) is 1. The Morgan fingerprint density at radius 3 is 2.65 bits per heavy atom. The van der Waals surface area contributed by atoms with Crippen LogP contribution in [0.15, 0.2) is 45.3 Å². The number of carbonyl (C=O) groups is 2. The van der Waals surface area contributed by atoms with Crippen LogP contribution in [-0.2, 0) is 11.2 Å². The Kier molecular flexibility index (Phi) is 4.55. The van der Waals surface area contributed by atoms with Gasteiger partial charge in [0.05, 0.1) is 18.4 Å². The lowest BCUT2D eigenvalue weighted by Gasteiger charge is -2.18. The van der Waals surface area contributed by atoms with Gasteiger partial charge in [-0.1, -0.05) is 28.1 Å². The average molecular weight is 439 g/mol. The summed E-state index contributed by atoms with van der Waals surface area (Å²) in [6, 6.07) is 11.2. The molecule has 118 valence electrons. The Labute approximate surface area is 150 Å². The molecule has 0 atom stereocenters. The van der Waals surface area contributed by atoms with Crippen LogP contribution >= 0.6 is 31.9 Å². The van der Waals surface area contributed by atoms with Crippen molar-refractivity contribution in [1.29, 1.82) is 0 Å². The fraction of sp³-hybridized carbons (Fsp3) is 0.176. The number of fused-ring (bicyclic) bond motifs is 1. The second-order valence-corrected chi connectivity index (χ2v) is 6.94. The molecule has 1 aliphatic heterocycles. The number of halogens is 2. The Morgan fingerprint density at radius 1 is 1.13 bits per heavy atom. The molecule has 1 aliphatic rings. The monoisotopic (exact) mass is 437 g/mol. The molecule has 2 aromatic rings. The number of nitrogens with zero attached hydrogens (tertiary/aromatic N) is 1. The Hall–Kier alpha value is -1.66. The van der Waals surface area contributed by atoms with Crippen molar-refractivity contribution < 1.29 is 14.3 Å². The van der Waals surface area contributed by atoms with Gasteiger partial charge in [-0.15, -0.1) is 0 Å². The number of benzene rings is 2. The first-order valence-electron chi connectivity index (χ1n) is 6.99. The van der Waals surface area contributed by atoms with Crippen molar-refractivity contribution in [1.82, 2.24) is 0 Å². The summed E-state index contributed by atoms with van der Waals surface area (Å²) in [6.07, 6.45) is 0.637. The Balaban J connectivity index is 1.87. The number of carbonyl (C=O) groups excluding carboxylic acids is 2. The molecule has 0 bridgehead atoms. The molecule has 0 fully saturated rings. The van der Waals surface area contributed by atoms with Crippen molar-refractivity contribution in [2.24, 2.45) is 0 Å². The number of hydrogen-bond acceptors (Lipinski definition) is 3. The summed E-state index contributed by atoms with van der Waals surface area (Å²) in [7, 11) is 1.62. The van der Waals surface area contributed by atoms with E-state index in [0.717, 1.165) is 20.3 Å². The Bertz CT molecular complexity index is 804. The number of anilines is 1. The Morgan fingerprint density at radius 2 is 1.91 bits per heavy atom. The minimum Gasteiger partial charge on any atom is -0.497 e. The summed E-state index contributed by atoms with van der Waals surface area (Å²) in [5.74, 6) is -0.175. The van der Waals surface area contributed by atoms with E-state index in [1.807, 2.05) is 30.3 Å².